The molecule has 1 unspecified atom stereocenters. The molecule has 178 valence electrons. The van der Waals surface area contributed by atoms with Gasteiger partial charge in [0.25, 0.3) is 0 Å². The van der Waals surface area contributed by atoms with Gasteiger partial charge in [0, 0.05) is 37.1 Å². The molecule has 2 heterocycles. The monoisotopic (exact) mass is 448 g/mol. The molecule has 2 aliphatic heterocycles. The highest BCUT2D eigenvalue weighted by Crippen LogP contribution is 2.43. The van der Waals surface area contributed by atoms with E-state index in [0.29, 0.717) is 36.2 Å². The molecule has 0 aromatic heterocycles. The Hall–Kier alpha value is -2.33. The third-order valence-electron chi connectivity index (χ3n) is 8.05. The van der Waals surface area contributed by atoms with Crippen LogP contribution in [0.4, 0.5) is 0 Å². The quantitative estimate of drug-likeness (QED) is 0.515. The molecule has 2 saturated heterocycles. The molecule has 2 aliphatic rings. The second kappa shape index (κ2) is 10.7. The van der Waals surface area contributed by atoms with Gasteiger partial charge in [0.2, 0.25) is 5.91 Å². The van der Waals surface area contributed by atoms with E-state index in [2.05, 4.69) is 60.9 Å². The number of rotatable bonds is 9. The molecule has 4 atom stereocenters. The summed E-state index contributed by atoms with van der Waals surface area (Å²) in [7, 11) is 0. The summed E-state index contributed by atoms with van der Waals surface area (Å²) in [6.45, 7) is 8.13. The van der Waals surface area contributed by atoms with Gasteiger partial charge in [0.05, 0.1) is 0 Å². The molecule has 0 spiro atoms. The second-order valence-electron chi connectivity index (χ2n) is 10.2. The minimum Gasteiger partial charge on any atom is -0.508 e. The van der Waals surface area contributed by atoms with Gasteiger partial charge in [-0.1, -0.05) is 56.3 Å². The van der Waals surface area contributed by atoms with Crippen molar-refractivity contribution in [2.75, 3.05) is 6.54 Å². The fourth-order valence-corrected chi connectivity index (χ4v) is 6.13. The number of piperidine rings is 1. The minimum absolute atomic E-state index is 0.101. The molecule has 1 amide bonds. The number of carbonyl (C=O) groups excluding carboxylic acids is 1. The zero-order chi connectivity index (χ0) is 23.4. The first kappa shape index (κ1) is 23.8. The molecule has 2 fully saturated rings. The number of aromatic hydroxyl groups is 1. The van der Waals surface area contributed by atoms with Crippen molar-refractivity contribution in [1.82, 2.24) is 9.80 Å². The summed E-state index contributed by atoms with van der Waals surface area (Å²) in [5.41, 5.74) is 2.48. The lowest BCUT2D eigenvalue weighted by Crippen LogP contribution is -2.51. The molecule has 0 saturated carbocycles. The first-order valence-electron chi connectivity index (χ1n) is 12.9. The molecule has 2 aromatic rings. The molecule has 4 rings (SSSR count). The highest BCUT2D eigenvalue weighted by Gasteiger charge is 2.42. The molecule has 0 aliphatic carbocycles. The van der Waals surface area contributed by atoms with Crippen LogP contribution in [0.3, 0.4) is 0 Å². The van der Waals surface area contributed by atoms with Crippen molar-refractivity contribution in [3.8, 4) is 5.75 Å². The maximum absolute atomic E-state index is 13.5. The Bertz CT molecular complexity index is 897. The summed E-state index contributed by atoms with van der Waals surface area (Å²) in [6, 6.07) is 19.6. The van der Waals surface area contributed by atoms with E-state index in [0.717, 1.165) is 32.2 Å². The summed E-state index contributed by atoms with van der Waals surface area (Å²) < 4.78 is 0. The normalized spacial score (nSPS) is 23.6. The van der Waals surface area contributed by atoms with E-state index in [4.69, 9.17) is 0 Å². The van der Waals surface area contributed by atoms with Crippen LogP contribution in [0.2, 0.25) is 0 Å². The summed E-state index contributed by atoms with van der Waals surface area (Å²) >= 11 is 0. The molecule has 1 N–H and O–H groups in total. The van der Waals surface area contributed by atoms with Crippen molar-refractivity contribution in [2.24, 2.45) is 5.92 Å². The van der Waals surface area contributed by atoms with Crippen molar-refractivity contribution in [1.29, 1.82) is 0 Å². The number of benzene rings is 2. The van der Waals surface area contributed by atoms with E-state index >= 15 is 0 Å². The van der Waals surface area contributed by atoms with Crippen LogP contribution in [0, 0.1) is 5.92 Å². The fourth-order valence-electron chi connectivity index (χ4n) is 6.13. The van der Waals surface area contributed by atoms with Gasteiger partial charge in [-0.15, -0.1) is 0 Å². The Morgan fingerprint density at radius 3 is 2.30 bits per heavy atom. The van der Waals surface area contributed by atoms with Crippen LogP contribution in [0.1, 0.15) is 76.3 Å². The van der Waals surface area contributed by atoms with Crippen LogP contribution in [-0.4, -0.2) is 45.5 Å². The van der Waals surface area contributed by atoms with Crippen LogP contribution >= 0.6 is 0 Å². The topological polar surface area (TPSA) is 43.8 Å². The van der Waals surface area contributed by atoms with E-state index < -0.39 is 0 Å². The highest BCUT2D eigenvalue weighted by atomic mass is 16.3. The Morgan fingerprint density at radius 2 is 1.70 bits per heavy atom. The standard InChI is InChI=1S/C29H40N2O2/c1-4-23(5-2)29(33)30(20-22-10-7-6-8-11-22)21(3)19-31-26-14-15-27(31)17-25(16-26)24-12-9-13-28(32)18-24/h6-13,18,21,23,25-27,32H,4-5,14-17,19-20H2,1-3H3/t21-,25?,26-,27+/m1/s1. The van der Waals surface area contributed by atoms with Gasteiger partial charge in [0.15, 0.2) is 0 Å². The van der Waals surface area contributed by atoms with Crippen LogP contribution in [0.15, 0.2) is 54.6 Å². The number of fused-ring (bicyclic) bond motifs is 2. The average Bonchev–Trinajstić information content (AvgIpc) is 3.04. The third-order valence-corrected chi connectivity index (χ3v) is 8.05. The summed E-state index contributed by atoms with van der Waals surface area (Å²) in [6.07, 6.45) is 6.57. The van der Waals surface area contributed by atoms with Crippen molar-refractivity contribution in [3.63, 3.8) is 0 Å². The Labute approximate surface area is 199 Å². The van der Waals surface area contributed by atoms with Crippen molar-refractivity contribution >= 4 is 5.91 Å². The molecule has 2 bridgehead atoms. The van der Waals surface area contributed by atoms with E-state index in [1.807, 2.05) is 18.2 Å². The molecule has 2 aromatic carbocycles. The van der Waals surface area contributed by atoms with E-state index in [1.165, 1.54) is 24.0 Å². The average molecular weight is 449 g/mol. The number of nitrogens with zero attached hydrogens (tertiary/aromatic N) is 2. The van der Waals surface area contributed by atoms with Gasteiger partial charge >= 0.3 is 0 Å². The van der Waals surface area contributed by atoms with Gasteiger partial charge in [0.1, 0.15) is 5.75 Å². The number of phenols is 1. The number of phenolic OH excluding ortho intramolecular Hbond substituents is 1. The second-order valence-corrected chi connectivity index (χ2v) is 10.2. The smallest absolute Gasteiger partial charge is 0.226 e. The fraction of sp³-hybridized carbons (Fsp3) is 0.552. The highest BCUT2D eigenvalue weighted by molar-refractivity contribution is 5.79. The van der Waals surface area contributed by atoms with Crippen molar-refractivity contribution in [3.05, 3.63) is 65.7 Å². The van der Waals surface area contributed by atoms with Crippen molar-refractivity contribution in [2.45, 2.75) is 89.9 Å². The summed E-state index contributed by atoms with van der Waals surface area (Å²) in [5.74, 6) is 1.29. The maximum atomic E-state index is 13.5. The molecule has 33 heavy (non-hydrogen) atoms. The predicted molar refractivity (Wildman–Crippen MR) is 134 cm³/mol. The lowest BCUT2D eigenvalue weighted by molar-refractivity contribution is -0.139. The summed E-state index contributed by atoms with van der Waals surface area (Å²) in [4.78, 5) is 18.4. The number of hydrogen-bond acceptors (Lipinski definition) is 3. The Balaban J connectivity index is 1.47. The van der Waals surface area contributed by atoms with Gasteiger partial charge in [-0.25, -0.2) is 0 Å². The van der Waals surface area contributed by atoms with E-state index in [9.17, 15) is 9.90 Å². The number of amides is 1. The van der Waals surface area contributed by atoms with E-state index in [1.54, 1.807) is 6.07 Å². The van der Waals surface area contributed by atoms with E-state index in [-0.39, 0.29) is 12.0 Å². The van der Waals surface area contributed by atoms with Crippen molar-refractivity contribution < 1.29 is 9.90 Å². The maximum Gasteiger partial charge on any atom is 0.226 e. The molecular formula is C29H40N2O2. The first-order valence-corrected chi connectivity index (χ1v) is 12.9. The Morgan fingerprint density at radius 1 is 1.03 bits per heavy atom. The first-order chi connectivity index (χ1) is 16.0. The van der Waals surface area contributed by atoms with Crippen LogP contribution in [0.5, 0.6) is 5.75 Å². The minimum atomic E-state index is 0.101. The van der Waals surface area contributed by atoms with Gasteiger partial charge in [-0.3, -0.25) is 9.69 Å². The largest absolute Gasteiger partial charge is 0.508 e. The van der Waals surface area contributed by atoms with Gasteiger partial charge in [-0.05, 0) is 74.6 Å². The third kappa shape index (κ3) is 5.43. The SMILES string of the molecule is CCC(CC)C(=O)N(Cc1ccccc1)[C@H](C)CN1[C@@H]2CC[C@H]1CC(c1cccc(O)c1)C2. The van der Waals surface area contributed by atoms with Crippen LogP contribution in [0.25, 0.3) is 0 Å². The lowest BCUT2D eigenvalue weighted by Gasteiger charge is -2.43. The van der Waals surface area contributed by atoms with Gasteiger partial charge in [-0.2, -0.15) is 0 Å². The Kier molecular flexibility index (Phi) is 7.75. The number of hydrogen-bond donors (Lipinski definition) is 1. The van der Waals surface area contributed by atoms with Crippen LogP contribution in [-0.2, 0) is 11.3 Å². The summed E-state index contributed by atoms with van der Waals surface area (Å²) in [5, 5.41) is 9.93. The van der Waals surface area contributed by atoms with Gasteiger partial charge < -0.3 is 10.0 Å². The van der Waals surface area contributed by atoms with Crippen LogP contribution < -0.4 is 0 Å². The molecule has 4 heteroatoms. The molecule has 4 nitrogen and oxygen atoms in total. The predicted octanol–water partition coefficient (Wildman–Crippen LogP) is 5.96. The molecular weight excluding hydrogens is 408 g/mol. The zero-order valence-corrected chi connectivity index (χ0v) is 20.5. The molecule has 0 radical (unpaired) electrons. The zero-order valence-electron chi connectivity index (χ0n) is 20.5. The number of carbonyl (C=O) groups is 1. The lowest BCUT2D eigenvalue weighted by atomic mass is 9.84.